The summed E-state index contributed by atoms with van der Waals surface area (Å²) in [4.78, 5) is 4.09. The molecule has 0 saturated heterocycles. The molecule has 0 spiro atoms. The fraction of sp³-hybridized carbons (Fsp3) is 0.308. The summed E-state index contributed by atoms with van der Waals surface area (Å²) in [6.07, 6.45) is 13.9. The van der Waals surface area contributed by atoms with Crippen LogP contribution in [-0.2, 0) is 0 Å². The molecule has 0 aliphatic heterocycles. The Balaban J connectivity index is 4.58. The van der Waals surface area contributed by atoms with Gasteiger partial charge in [0.1, 0.15) is 0 Å². The van der Waals surface area contributed by atoms with Crippen LogP contribution in [0, 0.1) is 0 Å². The third kappa shape index (κ3) is 5.31. The Bertz CT molecular complexity index is 288. The van der Waals surface area contributed by atoms with Crippen molar-refractivity contribution in [3.8, 4) is 0 Å². The maximum atomic E-state index is 4.09. The molecule has 0 atom stereocenters. The molecule has 0 rings (SSSR count). The van der Waals surface area contributed by atoms with Crippen molar-refractivity contribution < 1.29 is 0 Å². The summed E-state index contributed by atoms with van der Waals surface area (Å²) >= 11 is 0. The van der Waals surface area contributed by atoms with Gasteiger partial charge in [-0.15, -0.1) is 0 Å². The van der Waals surface area contributed by atoms with E-state index in [4.69, 9.17) is 0 Å². The van der Waals surface area contributed by atoms with Gasteiger partial charge in [-0.3, -0.25) is 4.99 Å². The lowest BCUT2D eigenvalue weighted by Crippen LogP contribution is -1.79. The molecule has 0 aromatic heterocycles. The van der Waals surface area contributed by atoms with E-state index >= 15 is 0 Å². The number of rotatable bonds is 4. The summed E-state index contributed by atoms with van der Waals surface area (Å²) in [6.45, 7) is 8.00. The van der Waals surface area contributed by atoms with Gasteiger partial charge in [0.2, 0.25) is 0 Å². The third-order valence-electron chi connectivity index (χ3n) is 1.76. The largest absolute Gasteiger partial charge is 0.269 e. The number of nitrogens with zero attached hydrogens (tertiary/aromatic N) is 1. The Labute approximate surface area is 87.3 Å². The quantitative estimate of drug-likeness (QED) is 0.467. The lowest BCUT2D eigenvalue weighted by molar-refractivity contribution is 1.35. The van der Waals surface area contributed by atoms with Crippen molar-refractivity contribution in [2.24, 2.45) is 4.99 Å². The predicted octanol–water partition coefficient (Wildman–Crippen LogP) is 4.06. The zero-order valence-corrected chi connectivity index (χ0v) is 9.49. The molecule has 0 N–H and O–H groups in total. The average Bonchev–Trinajstić information content (AvgIpc) is 2.21. The fourth-order valence-corrected chi connectivity index (χ4v) is 0.987. The number of hydrogen-bond acceptors (Lipinski definition) is 1. The maximum Gasteiger partial charge on any atom is 0.0298 e. The monoisotopic (exact) mass is 189 g/mol. The van der Waals surface area contributed by atoms with Crippen LogP contribution in [0.15, 0.2) is 52.7 Å². The first-order chi connectivity index (χ1) is 6.76. The summed E-state index contributed by atoms with van der Waals surface area (Å²) in [5, 5.41) is 0. The minimum atomic E-state index is 1.17. The molecule has 0 aromatic carbocycles. The highest BCUT2D eigenvalue weighted by Crippen LogP contribution is 2.10. The highest BCUT2D eigenvalue weighted by Gasteiger charge is 1.91. The summed E-state index contributed by atoms with van der Waals surface area (Å²) < 4.78 is 0. The van der Waals surface area contributed by atoms with Crippen LogP contribution in [0.1, 0.15) is 27.7 Å². The fourth-order valence-electron chi connectivity index (χ4n) is 0.987. The van der Waals surface area contributed by atoms with Crippen molar-refractivity contribution in [1.82, 2.24) is 0 Å². The first-order valence-corrected chi connectivity index (χ1v) is 4.86. The van der Waals surface area contributed by atoms with E-state index in [2.05, 4.69) is 24.1 Å². The van der Waals surface area contributed by atoms with Gasteiger partial charge in [-0.1, -0.05) is 30.4 Å². The Kier molecular flexibility index (Phi) is 7.43. The molecule has 0 bridgehead atoms. The molecule has 0 aliphatic carbocycles. The SMILES string of the molecule is C\C=C/C=C\C(=C/C)C(\C)=C\N=C/C. The molecule has 0 saturated carbocycles. The van der Waals surface area contributed by atoms with E-state index in [-0.39, 0.29) is 0 Å². The van der Waals surface area contributed by atoms with Gasteiger partial charge in [0, 0.05) is 12.4 Å². The van der Waals surface area contributed by atoms with Crippen LogP contribution in [-0.4, -0.2) is 6.21 Å². The van der Waals surface area contributed by atoms with E-state index in [0.717, 1.165) is 0 Å². The smallest absolute Gasteiger partial charge is 0.0298 e. The van der Waals surface area contributed by atoms with Crippen molar-refractivity contribution in [1.29, 1.82) is 0 Å². The first-order valence-electron chi connectivity index (χ1n) is 4.86. The van der Waals surface area contributed by atoms with Crippen LogP contribution in [0.3, 0.4) is 0 Å². The summed E-state index contributed by atoms with van der Waals surface area (Å²) in [5.74, 6) is 0. The van der Waals surface area contributed by atoms with Gasteiger partial charge >= 0.3 is 0 Å². The van der Waals surface area contributed by atoms with Crippen molar-refractivity contribution in [3.63, 3.8) is 0 Å². The number of aliphatic imine (C=N–C) groups is 1. The van der Waals surface area contributed by atoms with Gasteiger partial charge in [0.15, 0.2) is 0 Å². The number of allylic oxidation sites excluding steroid dienone is 7. The van der Waals surface area contributed by atoms with Gasteiger partial charge in [-0.25, -0.2) is 0 Å². The van der Waals surface area contributed by atoms with Gasteiger partial charge in [-0.05, 0) is 38.8 Å². The van der Waals surface area contributed by atoms with E-state index in [1.807, 2.05) is 45.2 Å². The second-order valence-corrected chi connectivity index (χ2v) is 2.85. The van der Waals surface area contributed by atoms with Gasteiger partial charge in [0.05, 0.1) is 0 Å². The number of hydrogen-bond donors (Lipinski definition) is 0. The highest BCUT2D eigenvalue weighted by atomic mass is 14.7. The van der Waals surface area contributed by atoms with E-state index in [1.165, 1.54) is 11.1 Å². The van der Waals surface area contributed by atoms with E-state index in [9.17, 15) is 0 Å². The first kappa shape index (κ1) is 12.6. The molecule has 0 radical (unpaired) electrons. The third-order valence-corrected chi connectivity index (χ3v) is 1.76. The predicted molar refractivity (Wildman–Crippen MR) is 65.6 cm³/mol. The molecule has 1 heteroatoms. The van der Waals surface area contributed by atoms with E-state index in [0.29, 0.717) is 0 Å². The average molecular weight is 189 g/mol. The lowest BCUT2D eigenvalue weighted by Gasteiger charge is -1.98. The second kappa shape index (κ2) is 8.24. The Morgan fingerprint density at radius 1 is 1.07 bits per heavy atom. The Morgan fingerprint density at radius 3 is 2.29 bits per heavy atom. The van der Waals surface area contributed by atoms with Crippen molar-refractivity contribution in [2.75, 3.05) is 0 Å². The summed E-state index contributed by atoms with van der Waals surface area (Å²) in [5.41, 5.74) is 2.38. The lowest BCUT2D eigenvalue weighted by atomic mass is 10.1. The molecular weight excluding hydrogens is 170 g/mol. The standard InChI is InChI=1S/C13H19N/c1-5-8-9-10-13(6-2)12(4)11-14-7-3/h5-11H,1-4H3/b8-5-,10-9-,12-11+,13-6+,14-7-. The van der Waals surface area contributed by atoms with Crippen molar-refractivity contribution >= 4 is 6.21 Å². The maximum absolute atomic E-state index is 4.09. The van der Waals surface area contributed by atoms with Crippen LogP contribution in [0.5, 0.6) is 0 Å². The molecule has 0 aliphatic rings. The van der Waals surface area contributed by atoms with Gasteiger partial charge < -0.3 is 0 Å². The molecule has 0 amide bonds. The van der Waals surface area contributed by atoms with E-state index in [1.54, 1.807) is 6.21 Å². The van der Waals surface area contributed by atoms with Crippen LogP contribution >= 0.6 is 0 Å². The van der Waals surface area contributed by atoms with Gasteiger partial charge in [-0.2, -0.15) is 0 Å². The molecule has 76 valence electrons. The van der Waals surface area contributed by atoms with Crippen LogP contribution < -0.4 is 0 Å². The van der Waals surface area contributed by atoms with Gasteiger partial charge in [0.25, 0.3) is 0 Å². The summed E-state index contributed by atoms with van der Waals surface area (Å²) in [6, 6.07) is 0. The second-order valence-electron chi connectivity index (χ2n) is 2.85. The molecular formula is C13H19N. The van der Waals surface area contributed by atoms with Crippen LogP contribution in [0.25, 0.3) is 0 Å². The van der Waals surface area contributed by atoms with Crippen LogP contribution in [0.2, 0.25) is 0 Å². The van der Waals surface area contributed by atoms with Crippen LogP contribution in [0.4, 0.5) is 0 Å². The summed E-state index contributed by atoms with van der Waals surface area (Å²) in [7, 11) is 0. The van der Waals surface area contributed by atoms with Crippen molar-refractivity contribution in [3.05, 3.63) is 47.7 Å². The topological polar surface area (TPSA) is 12.4 Å². The molecule has 1 nitrogen and oxygen atoms in total. The molecule has 0 unspecified atom stereocenters. The van der Waals surface area contributed by atoms with Crippen molar-refractivity contribution in [2.45, 2.75) is 27.7 Å². The molecule has 0 aromatic rings. The molecule has 0 fully saturated rings. The van der Waals surface area contributed by atoms with E-state index < -0.39 is 0 Å². The molecule has 14 heavy (non-hydrogen) atoms. The zero-order valence-electron chi connectivity index (χ0n) is 9.49. The normalized spacial score (nSPS) is 15.1. The minimum Gasteiger partial charge on any atom is -0.269 e. The Hall–Kier alpha value is -1.37. The zero-order chi connectivity index (χ0) is 10.8. The highest BCUT2D eigenvalue weighted by molar-refractivity contribution is 5.55. The molecule has 0 heterocycles. The Morgan fingerprint density at radius 2 is 1.79 bits per heavy atom. The minimum absolute atomic E-state index is 1.17.